The number of hydrogen-bond donors (Lipinski definition) is 2. The number of carbonyl (C=O) groups excluding carboxylic acids is 1. The molecule has 0 saturated carbocycles. The number of benzene rings is 1. The summed E-state index contributed by atoms with van der Waals surface area (Å²) in [5.74, 6) is -0.214. The van der Waals surface area contributed by atoms with E-state index in [1.807, 2.05) is 30.5 Å². The highest BCUT2D eigenvalue weighted by molar-refractivity contribution is 7.92. The predicted molar refractivity (Wildman–Crippen MR) is 86.4 cm³/mol. The molecule has 118 valence electrons. The summed E-state index contributed by atoms with van der Waals surface area (Å²) in [6.07, 6.45) is 4.50. The van der Waals surface area contributed by atoms with Crippen LogP contribution in [-0.4, -0.2) is 36.9 Å². The highest BCUT2D eigenvalue weighted by atomic mass is 32.2. The van der Waals surface area contributed by atoms with Gasteiger partial charge in [0.15, 0.2) is 9.84 Å². The highest BCUT2D eigenvalue weighted by Gasteiger charge is 2.34. The van der Waals surface area contributed by atoms with Gasteiger partial charge < -0.3 is 10.3 Å². The highest BCUT2D eigenvalue weighted by Crippen LogP contribution is 2.20. The van der Waals surface area contributed by atoms with Crippen LogP contribution in [0, 0.1) is 0 Å². The molecule has 0 aliphatic carbocycles. The van der Waals surface area contributed by atoms with Gasteiger partial charge in [0.25, 0.3) is 0 Å². The fourth-order valence-corrected chi connectivity index (χ4v) is 4.88. The molecular formula is C16H20N2O3S. The Balaban J connectivity index is 1.61. The quantitative estimate of drug-likeness (QED) is 0.901. The molecule has 2 heterocycles. The Morgan fingerprint density at radius 1 is 1.27 bits per heavy atom. The third kappa shape index (κ3) is 3.02. The second-order valence-corrected chi connectivity index (χ2v) is 8.05. The number of carbonyl (C=O) groups is 1. The van der Waals surface area contributed by atoms with E-state index >= 15 is 0 Å². The fraction of sp³-hybridized carbons (Fsp3) is 0.438. The van der Waals surface area contributed by atoms with Gasteiger partial charge in [0.1, 0.15) is 5.25 Å². The summed E-state index contributed by atoms with van der Waals surface area (Å²) in [5, 5.41) is 3.07. The van der Waals surface area contributed by atoms with E-state index in [4.69, 9.17) is 0 Å². The number of H-pyrrole nitrogens is 1. The third-order valence-electron chi connectivity index (χ3n) is 4.25. The molecule has 1 fully saturated rings. The Morgan fingerprint density at radius 2 is 2.14 bits per heavy atom. The second kappa shape index (κ2) is 6.12. The van der Waals surface area contributed by atoms with Crippen molar-refractivity contribution >= 4 is 26.6 Å². The average Bonchev–Trinajstić information content (AvgIpc) is 2.96. The molecule has 1 amide bonds. The van der Waals surface area contributed by atoms with Gasteiger partial charge in [-0.25, -0.2) is 8.42 Å². The molecule has 1 atom stereocenters. The first-order valence-electron chi connectivity index (χ1n) is 7.62. The van der Waals surface area contributed by atoms with E-state index in [2.05, 4.69) is 10.3 Å². The molecule has 6 heteroatoms. The van der Waals surface area contributed by atoms with E-state index in [1.165, 1.54) is 0 Å². The SMILES string of the molecule is O=C(NCCc1cccc2[nH]ccc12)C1CCCCS1(=O)=O. The minimum absolute atomic E-state index is 0.133. The fourth-order valence-electron chi connectivity index (χ4n) is 3.05. The van der Waals surface area contributed by atoms with Crippen molar-refractivity contribution in [3.8, 4) is 0 Å². The van der Waals surface area contributed by atoms with Crippen molar-refractivity contribution in [2.24, 2.45) is 0 Å². The summed E-state index contributed by atoms with van der Waals surface area (Å²) in [6.45, 7) is 0.454. The van der Waals surface area contributed by atoms with Crippen molar-refractivity contribution in [3.63, 3.8) is 0 Å². The van der Waals surface area contributed by atoms with E-state index in [0.717, 1.165) is 22.9 Å². The Kier molecular flexibility index (Phi) is 4.20. The van der Waals surface area contributed by atoms with Crippen molar-refractivity contribution in [2.75, 3.05) is 12.3 Å². The summed E-state index contributed by atoms with van der Waals surface area (Å²) < 4.78 is 23.9. The van der Waals surface area contributed by atoms with Crippen LogP contribution in [0.5, 0.6) is 0 Å². The first-order chi connectivity index (χ1) is 10.6. The summed E-state index contributed by atoms with van der Waals surface area (Å²) in [5.41, 5.74) is 2.21. The van der Waals surface area contributed by atoms with Gasteiger partial charge in [-0.2, -0.15) is 0 Å². The molecule has 2 aromatic rings. The number of nitrogens with one attached hydrogen (secondary N) is 2. The van der Waals surface area contributed by atoms with Gasteiger partial charge in [-0.3, -0.25) is 4.79 Å². The number of amides is 1. The van der Waals surface area contributed by atoms with Crippen LogP contribution < -0.4 is 5.32 Å². The van der Waals surface area contributed by atoms with Crippen molar-refractivity contribution in [1.29, 1.82) is 0 Å². The molecule has 1 aliphatic rings. The lowest BCUT2D eigenvalue weighted by Gasteiger charge is -2.21. The Morgan fingerprint density at radius 3 is 2.95 bits per heavy atom. The molecule has 1 aliphatic heterocycles. The Hall–Kier alpha value is -1.82. The van der Waals surface area contributed by atoms with Gasteiger partial charge in [-0.15, -0.1) is 0 Å². The maximum Gasteiger partial charge on any atom is 0.238 e. The molecule has 3 rings (SSSR count). The van der Waals surface area contributed by atoms with Crippen LogP contribution in [0.1, 0.15) is 24.8 Å². The van der Waals surface area contributed by atoms with E-state index < -0.39 is 15.1 Å². The number of fused-ring (bicyclic) bond motifs is 1. The monoisotopic (exact) mass is 320 g/mol. The summed E-state index contributed by atoms with van der Waals surface area (Å²) in [7, 11) is -3.26. The Bertz CT molecular complexity index is 780. The smallest absolute Gasteiger partial charge is 0.238 e. The van der Waals surface area contributed by atoms with Gasteiger partial charge in [-0.05, 0) is 37.0 Å². The number of sulfone groups is 1. The zero-order valence-corrected chi connectivity index (χ0v) is 13.2. The van der Waals surface area contributed by atoms with Gasteiger partial charge in [-0.1, -0.05) is 18.6 Å². The lowest BCUT2D eigenvalue weighted by molar-refractivity contribution is -0.120. The van der Waals surface area contributed by atoms with Crippen LogP contribution >= 0.6 is 0 Å². The second-order valence-electron chi connectivity index (χ2n) is 5.75. The van der Waals surface area contributed by atoms with Crippen molar-refractivity contribution in [1.82, 2.24) is 10.3 Å². The molecule has 22 heavy (non-hydrogen) atoms. The van der Waals surface area contributed by atoms with Gasteiger partial charge in [0, 0.05) is 23.6 Å². The van der Waals surface area contributed by atoms with Crippen LogP contribution in [-0.2, 0) is 21.1 Å². The molecule has 5 nitrogen and oxygen atoms in total. The standard InChI is InChI=1S/C16H20N2O3S/c19-16(15-6-1-2-11-22(15,20)21)18-9-7-12-4-3-5-14-13(12)8-10-17-14/h3-5,8,10,15,17H,1-2,6-7,9,11H2,(H,18,19). The topological polar surface area (TPSA) is 79.0 Å². The van der Waals surface area contributed by atoms with Gasteiger partial charge >= 0.3 is 0 Å². The summed E-state index contributed by atoms with van der Waals surface area (Å²) >= 11 is 0. The lowest BCUT2D eigenvalue weighted by Crippen LogP contribution is -2.43. The first kappa shape index (κ1) is 15.1. The van der Waals surface area contributed by atoms with Crippen LogP contribution in [0.4, 0.5) is 0 Å². The molecule has 0 radical (unpaired) electrons. The van der Waals surface area contributed by atoms with E-state index in [-0.39, 0.29) is 11.7 Å². The first-order valence-corrected chi connectivity index (χ1v) is 9.34. The summed E-state index contributed by atoms with van der Waals surface area (Å²) in [6, 6.07) is 8.02. The number of rotatable bonds is 4. The van der Waals surface area contributed by atoms with Gasteiger partial charge in [0.05, 0.1) is 5.75 Å². The Labute approximate surface area is 130 Å². The van der Waals surface area contributed by atoms with Crippen LogP contribution in [0.15, 0.2) is 30.5 Å². The molecule has 2 N–H and O–H groups in total. The maximum atomic E-state index is 12.1. The van der Waals surface area contributed by atoms with Crippen molar-refractivity contribution in [2.45, 2.75) is 30.9 Å². The van der Waals surface area contributed by atoms with E-state index in [9.17, 15) is 13.2 Å². The minimum atomic E-state index is -3.26. The third-order valence-corrected chi connectivity index (χ3v) is 6.42. The van der Waals surface area contributed by atoms with E-state index in [0.29, 0.717) is 25.8 Å². The molecule has 0 spiro atoms. The predicted octanol–water partition coefficient (Wildman–Crippen LogP) is 1.79. The molecule has 1 aromatic heterocycles. The normalized spacial score (nSPS) is 20.8. The average molecular weight is 320 g/mol. The summed E-state index contributed by atoms with van der Waals surface area (Å²) in [4.78, 5) is 15.3. The van der Waals surface area contributed by atoms with Crippen molar-refractivity contribution in [3.05, 3.63) is 36.0 Å². The van der Waals surface area contributed by atoms with Crippen molar-refractivity contribution < 1.29 is 13.2 Å². The zero-order valence-electron chi connectivity index (χ0n) is 12.3. The molecule has 1 aromatic carbocycles. The molecule has 1 saturated heterocycles. The minimum Gasteiger partial charge on any atom is -0.361 e. The van der Waals surface area contributed by atoms with Gasteiger partial charge in [0.2, 0.25) is 5.91 Å². The van der Waals surface area contributed by atoms with Crippen LogP contribution in [0.3, 0.4) is 0 Å². The molecule has 0 bridgehead atoms. The van der Waals surface area contributed by atoms with Crippen LogP contribution in [0.25, 0.3) is 10.9 Å². The molecular weight excluding hydrogens is 300 g/mol. The number of aromatic amines is 1. The maximum absolute atomic E-state index is 12.1. The molecule has 1 unspecified atom stereocenters. The van der Waals surface area contributed by atoms with Crippen LogP contribution in [0.2, 0.25) is 0 Å². The number of aromatic nitrogens is 1. The van der Waals surface area contributed by atoms with E-state index in [1.54, 1.807) is 0 Å². The largest absolute Gasteiger partial charge is 0.361 e. The number of hydrogen-bond acceptors (Lipinski definition) is 3. The lowest BCUT2D eigenvalue weighted by atomic mass is 10.1. The zero-order chi connectivity index (χ0) is 15.6.